The molecule has 8 heteroatoms. The van der Waals surface area contributed by atoms with Crippen molar-refractivity contribution in [3.8, 4) is 5.88 Å². The Hall–Kier alpha value is -2.35. The zero-order valence-corrected chi connectivity index (χ0v) is 14.1. The summed E-state index contributed by atoms with van der Waals surface area (Å²) < 4.78 is 5.38. The van der Waals surface area contributed by atoms with Gasteiger partial charge in [0, 0.05) is 30.6 Å². The smallest absolute Gasteiger partial charge is 0.213 e. The molecule has 2 aromatic heterocycles. The van der Waals surface area contributed by atoms with E-state index in [1.807, 2.05) is 6.07 Å². The molecule has 0 aliphatic heterocycles. The van der Waals surface area contributed by atoms with E-state index in [0.717, 1.165) is 18.4 Å². The summed E-state index contributed by atoms with van der Waals surface area (Å²) in [6.07, 6.45) is 4.08. The van der Waals surface area contributed by atoms with E-state index in [4.69, 9.17) is 10.5 Å². The van der Waals surface area contributed by atoms with Crippen LogP contribution in [0.15, 0.2) is 18.3 Å². The Morgan fingerprint density at radius 1 is 1.42 bits per heavy atom. The van der Waals surface area contributed by atoms with Crippen molar-refractivity contribution >= 4 is 5.78 Å². The van der Waals surface area contributed by atoms with Gasteiger partial charge in [0.05, 0.1) is 0 Å². The van der Waals surface area contributed by atoms with Gasteiger partial charge in [0.1, 0.15) is 12.4 Å². The molecular formula is C16H24N6O2. The summed E-state index contributed by atoms with van der Waals surface area (Å²) in [5.41, 5.74) is 6.40. The molecular weight excluding hydrogens is 308 g/mol. The summed E-state index contributed by atoms with van der Waals surface area (Å²) in [5, 5.41) is 14.3. The van der Waals surface area contributed by atoms with Crippen LogP contribution < -0.4 is 10.5 Å². The number of nitrogens with two attached hydrogens (primary N) is 1. The number of nitrogens with zero attached hydrogens (tertiary/aromatic N) is 4. The predicted molar refractivity (Wildman–Crippen MR) is 88.5 cm³/mol. The molecule has 3 N–H and O–H groups in total. The highest BCUT2D eigenvalue weighted by Crippen LogP contribution is 2.30. The number of pyridine rings is 1. The Bertz CT molecular complexity index is 614. The third kappa shape index (κ3) is 4.82. The molecule has 0 bridgehead atoms. The van der Waals surface area contributed by atoms with Crippen molar-refractivity contribution < 1.29 is 9.53 Å². The van der Waals surface area contributed by atoms with Crippen molar-refractivity contribution in [3.63, 3.8) is 0 Å². The molecule has 0 radical (unpaired) electrons. The molecule has 2 atom stereocenters. The molecule has 8 nitrogen and oxygen atoms in total. The second-order valence-corrected chi connectivity index (χ2v) is 5.73. The van der Waals surface area contributed by atoms with Crippen molar-refractivity contribution in [1.82, 2.24) is 25.6 Å². The first-order valence-corrected chi connectivity index (χ1v) is 8.17. The number of aromatic nitrogens is 5. The van der Waals surface area contributed by atoms with E-state index in [1.165, 1.54) is 0 Å². The van der Waals surface area contributed by atoms with Gasteiger partial charge in [-0.25, -0.2) is 4.98 Å². The Morgan fingerprint density at radius 2 is 2.25 bits per heavy atom. The SMILES string of the molecule is CCC[C@H](C(C)=O)[C@H](Cc1ccc(OCCN)nc1)c1nn[nH]n1. The first kappa shape index (κ1) is 18.0. The highest BCUT2D eigenvalue weighted by molar-refractivity contribution is 5.79. The van der Waals surface area contributed by atoms with Crippen LogP contribution in [0.5, 0.6) is 5.88 Å². The Balaban J connectivity index is 2.17. The first-order valence-electron chi connectivity index (χ1n) is 8.17. The molecule has 0 aliphatic carbocycles. The first-order chi connectivity index (χ1) is 11.7. The Labute approximate surface area is 141 Å². The fourth-order valence-electron chi connectivity index (χ4n) is 2.77. The minimum atomic E-state index is -0.138. The van der Waals surface area contributed by atoms with Gasteiger partial charge in [0.15, 0.2) is 5.82 Å². The number of ether oxygens (including phenoxy) is 1. The van der Waals surface area contributed by atoms with Crippen molar-refractivity contribution in [3.05, 3.63) is 29.7 Å². The van der Waals surface area contributed by atoms with Crippen LogP contribution in [0.3, 0.4) is 0 Å². The van der Waals surface area contributed by atoms with E-state index < -0.39 is 0 Å². The van der Waals surface area contributed by atoms with Gasteiger partial charge in [-0.05, 0) is 25.3 Å². The van der Waals surface area contributed by atoms with Crippen LogP contribution in [0.25, 0.3) is 0 Å². The highest BCUT2D eigenvalue weighted by Gasteiger charge is 2.29. The van der Waals surface area contributed by atoms with Crippen LogP contribution in [0.4, 0.5) is 0 Å². The fraction of sp³-hybridized carbons (Fsp3) is 0.562. The largest absolute Gasteiger partial charge is 0.476 e. The molecule has 0 aromatic carbocycles. The lowest BCUT2D eigenvalue weighted by Crippen LogP contribution is -2.23. The summed E-state index contributed by atoms with van der Waals surface area (Å²) >= 11 is 0. The number of hydrogen-bond acceptors (Lipinski definition) is 7. The average Bonchev–Trinajstić information content (AvgIpc) is 3.11. The molecule has 0 fully saturated rings. The Kier molecular flexibility index (Phi) is 6.80. The molecule has 0 saturated carbocycles. The molecule has 0 amide bonds. The number of Topliss-reactive ketones (excluding diaryl/α,β-unsaturated/α-hetero) is 1. The molecule has 2 heterocycles. The van der Waals surface area contributed by atoms with Crippen LogP contribution in [0, 0.1) is 5.92 Å². The molecule has 2 aromatic rings. The molecule has 0 aliphatic rings. The number of nitrogens with one attached hydrogen (secondary N) is 1. The summed E-state index contributed by atoms with van der Waals surface area (Å²) in [5.74, 6) is 0.978. The lowest BCUT2D eigenvalue weighted by molar-refractivity contribution is -0.121. The van der Waals surface area contributed by atoms with Gasteiger partial charge in [-0.1, -0.05) is 24.6 Å². The van der Waals surface area contributed by atoms with E-state index in [2.05, 4.69) is 32.5 Å². The van der Waals surface area contributed by atoms with Gasteiger partial charge in [0.25, 0.3) is 0 Å². The maximum absolute atomic E-state index is 12.1. The van der Waals surface area contributed by atoms with Gasteiger partial charge in [-0.15, -0.1) is 10.2 Å². The lowest BCUT2D eigenvalue weighted by atomic mass is 9.81. The van der Waals surface area contributed by atoms with Crippen LogP contribution in [0.1, 0.15) is 44.0 Å². The average molecular weight is 332 g/mol. The number of carbonyl (C=O) groups is 1. The molecule has 2 rings (SSSR count). The number of hydrogen-bond donors (Lipinski definition) is 2. The second-order valence-electron chi connectivity index (χ2n) is 5.73. The van der Waals surface area contributed by atoms with Gasteiger partial charge in [0.2, 0.25) is 5.88 Å². The monoisotopic (exact) mass is 332 g/mol. The molecule has 130 valence electrons. The second kappa shape index (κ2) is 9.07. The maximum Gasteiger partial charge on any atom is 0.213 e. The molecule has 24 heavy (non-hydrogen) atoms. The van der Waals surface area contributed by atoms with Crippen LogP contribution in [-0.4, -0.2) is 44.5 Å². The van der Waals surface area contributed by atoms with Crippen molar-refractivity contribution in [2.75, 3.05) is 13.2 Å². The molecule has 0 unspecified atom stereocenters. The van der Waals surface area contributed by atoms with E-state index in [-0.39, 0.29) is 17.6 Å². The van der Waals surface area contributed by atoms with Crippen LogP contribution >= 0.6 is 0 Å². The quantitative estimate of drug-likeness (QED) is 0.672. The maximum atomic E-state index is 12.1. The number of aromatic amines is 1. The van der Waals surface area contributed by atoms with E-state index in [1.54, 1.807) is 19.2 Å². The Morgan fingerprint density at radius 3 is 2.79 bits per heavy atom. The lowest BCUT2D eigenvalue weighted by Gasteiger charge is -2.22. The van der Waals surface area contributed by atoms with Gasteiger partial charge in [-0.2, -0.15) is 5.21 Å². The minimum absolute atomic E-state index is 0.126. The van der Waals surface area contributed by atoms with Gasteiger partial charge >= 0.3 is 0 Å². The van der Waals surface area contributed by atoms with Crippen molar-refractivity contribution in [2.45, 2.75) is 39.0 Å². The minimum Gasteiger partial charge on any atom is -0.476 e. The zero-order valence-electron chi connectivity index (χ0n) is 14.1. The van der Waals surface area contributed by atoms with Crippen molar-refractivity contribution in [1.29, 1.82) is 0 Å². The fourth-order valence-corrected chi connectivity index (χ4v) is 2.77. The summed E-state index contributed by atoms with van der Waals surface area (Å²) in [4.78, 5) is 16.4. The standard InChI is InChI=1S/C16H24N6O2/c1-3-4-13(11(2)23)14(16-19-21-22-20-16)9-12-5-6-15(18-10-12)24-8-7-17/h5-6,10,13-14H,3-4,7-9,17H2,1-2H3,(H,19,20,21,22)/t13-,14+/m1/s1. The van der Waals surface area contributed by atoms with Gasteiger partial charge in [-0.3, -0.25) is 4.79 Å². The summed E-state index contributed by atoms with van der Waals surface area (Å²) in [6, 6.07) is 3.75. The normalized spacial score (nSPS) is 13.5. The van der Waals surface area contributed by atoms with E-state index >= 15 is 0 Å². The van der Waals surface area contributed by atoms with Gasteiger partial charge < -0.3 is 10.5 Å². The zero-order chi connectivity index (χ0) is 17.4. The number of rotatable bonds is 10. The van der Waals surface area contributed by atoms with E-state index in [9.17, 15) is 4.79 Å². The third-order valence-corrected chi connectivity index (χ3v) is 3.92. The number of tetrazole rings is 1. The van der Waals surface area contributed by atoms with Crippen LogP contribution in [0.2, 0.25) is 0 Å². The topological polar surface area (TPSA) is 120 Å². The predicted octanol–water partition coefficient (Wildman–Crippen LogP) is 1.26. The summed E-state index contributed by atoms with van der Waals surface area (Å²) in [6.45, 7) is 4.56. The number of ketones is 1. The number of H-pyrrole nitrogens is 1. The van der Waals surface area contributed by atoms with Crippen molar-refractivity contribution in [2.24, 2.45) is 11.7 Å². The molecule has 0 saturated heterocycles. The summed E-state index contributed by atoms with van der Waals surface area (Å²) in [7, 11) is 0. The van der Waals surface area contributed by atoms with Crippen LogP contribution in [-0.2, 0) is 11.2 Å². The number of carbonyl (C=O) groups excluding carboxylic acids is 1. The molecule has 0 spiro atoms. The van der Waals surface area contributed by atoms with E-state index in [0.29, 0.717) is 31.3 Å². The third-order valence-electron chi connectivity index (χ3n) is 3.92. The highest BCUT2D eigenvalue weighted by atomic mass is 16.5.